The first-order valence-corrected chi connectivity index (χ1v) is 10.6. The van der Waals surface area contributed by atoms with Gasteiger partial charge in [-0.3, -0.25) is 0 Å². The van der Waals surface area contributed by atoms with Crippen molar-refractivity contribution in [2.75, 3.05) is 21.3 Å². The molecule has 11 heteroatoms. The number of hydrogen-bond acceptors (Lipinski definition) is 11. The Morgan fingerprint density at radius 3 is 2.03 bits per heavy atom. The summed E-state index contributed by atoms with van der Waals surface area (Å²) in [5.74, 6) is -2.73. The number of methoxy groups -OCH3 is 3. The van der Waals surface area contributed by atoms with Gasteiger partial charge in [0.25, 0.3) is 0 Å². The van der Waals surface area contributed by atoms with E-state index < -0.39 is 35.4 Å². The SMILES string of the molecule is COc1cc(OC)c2c(c1)O[C@H](c1cc(O)c(OC)c(O)c1)[C@H](OC(=O)c1cc(O)c(O)c(O)c1)C2. The van der Waals surface area contributed by atoms with Gasteiger partial charge in [-0.15, -0.1) is 0 Å². The molecule has 190 valence electrons. The van der Waals surface area contributed by atoms with E-state index in [0.717, 1.165) is 12.1 Å². The molecule has 3 aromatic rings. The minimum atomic E-state index is -1.02. The minimum absolute atomic E-state index is 0.0997. The van der Waals surface area contributed by atoms with E-state index in [1.807, 2.05) is 0 Å². The van der Waals surface area contributed by atoms with Crippen LogP contribution in [0.5, 0.6) is 51.7 Å². The fourth-order valence-corrected chi connectivity index (χ4v) is 4.03. The standard InChI is InChI=1S/C25H24O11/c1-32-13-8-19(33-2)14-10-21(36-25(31)12-6-15(26)22(30)16(27)7-12)23(35-20(14)9-13)11-4-17(28)24(34-3)18(29)5-11/h4-9,21,23,26-30H,10H2,1-3H3/t21-,23-/m1/s1. The lowest BCUT2D eigenvalue weighted by Gasteiger charge is -2.34. The van der Waals surface area contributed by atoms with Crippen molar-refractivity contribution in [2.24, 2.45) is 0 Å². The van der Waals surface area contributed by atoms with Crippen LogP contribution in [-0.2, 0) is 11.2 Å². The molecule has 0 fully saturated rings. The lowest BCUT2D eigenvalue weighted by molar-refractivity contribution is -0.0189. The van der Waals surface area contributed by atoms with Crippen molar-refractivity contribution in [1.82, 2.24) is 0 Å². The number of fused-ring (bicyclic) bond motifs is 1. The van der Waals surface area contributed by atoms with Crippen LogP contribution in [0.15, 0.2) is 36.4 Å². The Hall–Kier alpha value is -4.67. The fourth-order valence-electron chi connectivity index (χ4n) is 4.03. The van der Waals surface area contributed by atoms with E-state index >= 15 is 0 Å². The smallest absolute Gasteiger partial charge is 0.338 e. The second-order valence-electron chi connectivity index (χ2n) is 7.95. The summed E-state index contributed by atoms with van der Waals surface area (Å²) in [6.07, 6.45) is -1.93. The Balaban J connectivity index is 1.78. The van der Waals surface area contributed by atoms with Gasteiger partial charge in [0.05, 0.1) is 26.9 Å². The number of rotatable bonds is 6. The average Bonchev–Trinajstić information content (AvgIpc) is 2.85. The van der Waals surface area contributed by atoms with Crippen LogP contribution in [0.4, 0.5) is 0 Å². The van der Waals surface area contributed by atoms with Gasteiger partial charge in [0.15, 0.2) is 34.9 Å². The number of phenols is 5. The van der Waals surface area contributed by atoms with Gasteiger partial charge in [0.2, 0.25) is 5.75 Å². The summed E-state index contributed by atoms with van der Waals surface area (Å²) in [7, 11) is 4.23. The third-order valence-electron chi connectivity index (χ3n) is 5.76. The topological polar surface area (TPSA) is 164 Å². The maximum Gasteiger partial charge on any atom is 0.338 e. The third-order valence-corrected chi connectivity index (χ3v) is 5.76. The molecular formula is C25H24O11. The van der Waals surface area contributed by atoms with Crippen molar-refractivity contribution in [3.63, 3.8) is 0 Å². The van der Waals surface area contributed by atoms with Gasteiger partial charge in [-0.25, -0.2) is 4.79 Å². The zero-order chi connectivity index (χ0) is 26.1. The molecule has 2 atom stereocenters. The summed E-state index contributed by atoms with van der Waals surface area (Å²) >= 11 is 0. The van der Waals surface area contributed by atoms with Crippen molar-refractivity contribution in [1.29, 1.82) is 0 Å². The number of carbonyl (C=O) groups is 1. The van der Waals surface area contributed by atoms with Crippen LogP contribution in [0.1, 0.15) is 27.6 Å². The molecule has 0 aromatic heterocycles. The number of esters is 1. The van der Waals surface area contributed by atoms with Crippen LogP contribution in [0.25, 0.3) is 0 Å². The van der Waals surface area contributed by atoms with Gasteiger partial charge in [0, 0.05) is 29.7 Å². The molecule has 0 bridgehead atoms. The number of ether oxygens (including phenoxy) is 5. The quantitative estimate of drug-likeness (QED) is 0.249. The van der Waals surface area contributed by atoms with Gasteiger partial charge >= 0.3 is 5.97 Å². The van der Waals surface area contributed by atoms with E-state index in [-0.39, 0.29) is 34.8 Å². The summed E-state index contributed by atoms with van der Waals surface area (Å²) in [6, 6.07) is 7.78. The number of hydrogen-bond donors (Lipinski definition) is 5. The number of benzene rings is 3. The average molecular weight is 500 g/mol. The lowest BCUT2D eigenvalue weighted by atomic mass is 9.93. The highest BCUT2D eigenvalue weighted by molar-refractivity contribution is 5.91. The normalized spacial score (nSPS) is 16.4. The Kier molecular flexibility index (Phi) is 6.47. The summed E-state index contributed by atoms with van der Waals surface area (Å²) in [4.78, 5) is 13.0. The third kappa shape index (κ3) is 4.38. The van der Waals surface area contributed by atoms with Crippen LogP contribution < -0.4 is 18.9 Å². The molecule has 0 unspecified atom stereocenters. The first-order valence-electron chi connectivity index (χ1n) is 10.6. The van der Waals surface area contributed by atoms with Gasteiger partial charge in [0.1, 0.15) is 23.4 Å². The number of carbonyl (C=O) groups excluding carboxylic acids is 1. The largest absolute Gasteiger partial charge is 0.504 e. The van der Waals surface area contributed by atoms with E-state index in [0.29, 0.717) is 22.8 Å². The maximum atomic E-state index is 13.0. The molecule has 0 radical (unpaired) electrons. The minimum Gasteiger partial charge on any atom is -0.504 e. The summed E-state index contributed by atoms with van der Waals surface area (Å²) < 4.78 is 27.6. The highest BCUT2D eigenvalue weighted by atomic mass is 16.6. The Morgan fingerprint density at radius 2 is 1.47 bits per heavy atom. The summed E-state index contributed by atoms with van der Waals surface area (Å²) in [5.41, 5.74) is 0.618. The molecule has 1 aliphatic rings. The molecule has 0 amide bonds. The molecule has 0 spiro atoms. The van der Waals surface area contributed by atoms with Crippen LogP contribution in [0.3, 0.4) is 0 Å². The predicted molar refractivity (Wildman–Crippen MR) is 124 cm³/mol. The maximum absolute atomic E-state index is 13.0. The Labute approximate surface area is 205 Å². The van der Waals surface area contributed by atoms with Crippen molar-refractivity contribution < 1.29 is 54.0 Å². The highest BCUT2D eigenvalue weighted by Gasteiger charge is 2.37. The number of aromatic hydroxyl groups is 5. The molecule has 11 nitrogen and oxygen atoms in total. The molecule has 3 aromatic carbocycles. The van der Waals surface area contributed by atoms with Crippen molar-refractivity contribution >= 4 is 5.97 Å². The molecule has 1 aliphatic heterocycles. The zero-order valence-electron chi connectivity index (χ0n) is 19.5. The van der Waals surface area contributed by atoms with Crippen LogP contribution in [0.2, 0.25) is 0 Å². The predicted octanol–water partition coefficient (Wildman–Crippen LogP) is 3.14. The molecule has 0 saturated heterocycles. The first kappa shape index (κ1) is 24.5. The molecule has 4 rings (SSSR count). The molecule has 36 heavy (non-hydrogen) atoms. The van der Waals surface area contributed by atoms with E-state index in [9.17, 15) is 30.3 Å². The fraction of sp³-hybridized carbons (Fsp3) is 0.240. The van der Waals surface area contributed by atoms with E-state index in [1.54, 1.807) is 12.1 Å². The van der Waals surface area contributed by atoms with Crippen LogP contribution in [0, 0.1) is 0 Å². The molecule has 1 heterocycles. The monoisotopic (exact) mass is 500 g/mol. The Morgan fingerprint density at radius 1 is 0.833 bits per heavy atom. The van der Waals surface area contributed by atoms with Crippen molar-refractivity contribution in [3.05, 3.63) is 53.1 Å². The number of phenolic OH excluding ortho intramolecular Hbond substituents is 5. The van der Waals surface area contributed by atoms with Gasteiger partial charge in [-0.2, -0.15) is 0 Å². The van der Waals surface area contributed by atoms with E-state index in [2.05, 4.69) is 0 Å². The van der Waals surface area contributed by atoms with Crippen LogP contribution >= 0.6 is 0 Å². The van der Waals surface area contributed by atoms with Crippen molar-refractivity contribution in [3.8, 4) is 51.7 Å². The van der Waals surface area contributed by atoms with Crippen LogP contribution in [-0.4, -0.2) is 58.9 Å². The van der Waals surface area contributed by atoms with Gasteiger partial charge in [-0.1, -0.05) is 0 Å². The summed E-state index contributed by atoms with van der Waals surface area (Å²) in [5, 5.41) is 49.8. The van der Waals surface area contributed by atoms with Crippen molar-refractivity contribution in [2.45, 2.75) is 18.6 Å². The molecule has 0 saturated carbocycles. The zero-order valence-corrected chi connectivity index (χ0v) is 19.5. The Bertz CT molecular complexity index is 1270. The summed E-state index contributed by atoms with van der Waals surface area (Å²) in [6.45, 7) is 0. The van der Waals surface area contributed by atoms with Gasteiger partial charge in [-0.05, 0) is 24.3 Å². The molecule has 0 aliphatic carbocycles. The van der Waals surface area contributed by atoms with E-state index in [4.69, 9.17) is 23.7 Å². The molecule has 5 N–H and O–H groups in total. The second-order valence-corrected chi connectivity index (χ2v) is 7.95. The molecular weight excluding hydrogens is 476 g/mol. The second kappa shape index (κ2) is 9.53. The highest BCUT2D eigenvalue weighted by Crippen LogP contribution is 2.46. The lowest BCUT2D eigenvalue weighted by Crippen LogP contribution is -2.35. The van der Waals surface area contributed by atoms with Gasteiger partial charge < -0.3 is 49.2 Å². The van der Waals surface area contributed by atoms with E-state index in [1.165, 1.54) is 33.5 Å². The first-order chi connectivity index (χ1) is 17.2.